The molecule has 3 aromatic carbocycles. The minimum absolute atomic E-state index is 0.125. The van der Waals surface area contributed by atoms with Crippen LogP contribution in [-0.4, -0.2) is 28.8 Å². The lowest BCUT2D eigenvalue weighted by molar-refractivity contribution is -0.524. The SMILES string of the molecule is O=C(c1ccccc1)[C@@H]1[C@H](c2ccc(Cl)cc2)[C@@H]([N+](=O)[O-])[C@H]2C=Cc3ccccc3N21. The standard InChI is InChI=1S/C25H19ClN2O3/c26-19-13-10-17(11-14-19)22-23(28(30)31)21-15-12-16-6-4-5-9-20(16)27(21)24(22)25(29)18-7-2-1-3-8-18/h1-15,21-24H/t21-,22-,23+,24+/m1/s1. The van der Waals surface area contributed by atoms with Crippen LogP contribution in [0.15, 0.2) is 84.9 Å². The number of carbonyl (C=O) groups is 1. The summed E-state index contributed by atoms with van der Waals surface area (Å²) in [6.07, 6.45) is 3.78. The van der Waals surface area contributed by atoms with E-state index in [-0.39, 0.29) is 10.7 Å². The Labute approximate surface area is 184 Å². The van der Waals surface area contributed by atoms with E-state index in [2.05, 4.69) is 0 Å². The van der Waals surface area contributed by atoms with Crippen LogP contribution in [0.5, 0.6) is 0 Å². The molecule has 0 aliphatic carbocycles. The number of para-hydroxylation sites is 1. The first-order valence-corrected chi connectivity index (χ1v) is 10.5. The van der Waals surface area contributed by atoms with E-state index in [9.17, 15) is 14.9 Å². The highest BCUT2D eigenvalue weighted by atomic mass is 35.5. The normalized spacial score (nSPS) is 23.8. The number of fused-ring (bicyclic) bond motifs is 3. The lowest BCUT2D eigenvalue weighted by atomic mass is 9.84. The second-order valence-corrected chi connectivity index (χ2v) is 8.28. The van der Waals surface area contributed by atoms with Crippen molar-refractivity contribution in [1.82, 2.24) is 0 Å². The molecule has 1 fully saturated rings. The van der Waals surface area contributed by atoms with E-state index in [4.69, 9.17) is 11.6 Å². The molecule has 31 heavy (non-hydrogen) atoms. The molecular weight excluding hydrogens is 412 g/mol. The Morgan fingerprint density at radius 2 is 1.61 bits per heavy atom. The molecule has 0 spiro atoms. The first-order valence-electron chi connectivity index (χ1n) is 10.1. The van der Waals surface area contributed by atoms with Crippen molar-refractivity contribution < 1.29 is 9.72 Å². The van der Waals surface area contributed by atoms with Gasteiger partial charge < -0.3 is 4.90 Å². The predicted octanol–water partition coefficient (Wildman–Crippen LogP) is 5.24. The molecule has 2 heterocycles. The average Bonchev–Trinajstić information content (AvgIpc) is 3.15. The monoisotopic (exact) mass is 430 g/mol. The molecule has 0 bridgehead atoms. The number of nitrogens with zero attached hydrogens (tertiary/aromatic N) is 2. The van der Waals surface area contributed by atoms with Gasteiger partial charge in [-0.15, -0.1) is 0 Å². The molecule has 154 valence electrons. The minimum atomic E-state index is -0.969. The van der Waals surface area contributed by atoms with Gasteiger partial charge in [0.15, 0.2) is 5.78 Å². The highest BCUT2D eigenvalue weighted by Gasteiger charge is 2.58. The third kappa shape index (κ3) is 3.22. The number of ketones is 1. The first kappa shape index (κ1) is 19.5. The van der Waals surface area contributed by atoms with Crippen molar-refractivity contribution in [3.63, 3.8) is 0 Å². The van der Waals surface area contributed by atoms with Gasteiger partial charge in [-0.1, -0.05) is 84.4 Å². The van der Waals surface area contributed by atoms with E-state index in [1.807, 2.05) is 59.5 Å². The fourth-order valence-electron chi connectivity index (χ4n) is 4.89. The van der Waals surface area contributed by atoms with Gasteiger partial charge in [0.1, 0.15) is 12.1 Å². The maximum absolute atomic E-state index is 13.8. The Hall–Kier alpha value is -3.44. The fraction of sp³-hybridized carbons (Fsp3) is 0.160. The number of anilines is 1. The molecule has 0 saturated carbocycles. The predicted molar refractivity (Wildman–Crippen MR) is 121 cm³/mol. The van der Waals surface area contributed by atoms with E-state index in [0.29, 0.717) is 10.6 Å². The van der Waals surface area contributed by atoms with Gasteiger partial charge in [0.05, 0.1) is 5.92 Å². The van der Waals surface area contributed by atoms with Gasteiger partial charge in [-0.2, -0.15) is 0 Å². The van der Waals surface area contributed by atoms with Crippen molar-refractivity contribution >= 4 is 29.1 Å². The number of nitro groups is 1. The van der Waals surface area contributed by atoms with Crippen LogP contribution in [0.1, 0.15) is 27.4 Å². The number of benzene rings is 3. The van der Waals surface area contributed by atoms with Gasteiger partial charge in [-0.05, 0) is 29.3 Å². The number of rotatable bonds is 4. The molecule has 3 aromatic rings. The third-order valence-electron chi connectivity index (χ3n) is 6.19. The van der Waals surface area contributed by atoms with E-state index < -0.39 is 24.0 Å². The summed E-state index contributed by atoms with van der Waals surface area (Å²) in [5, 5.41) is 12.9. The summed E-state index contributed by atoms with van der Waals surface area (Å²) >= 11 is 6.08. The Morgan fingerprint density at radius 1 is 0.935 bits per heavy atom. The van der Waals surface area contributed by atoms with Crippen LogP contribution in [0.4, 0.5) is 5.69 Å². The van der Waals surface area contributed by atoms with Gasteiger partial charge in [0, 0.05) is 21.2 Å². The molecule has 0 radical (unpaired) electrons. The molecular formula is C25H19ClN2O3. The van der Waals surface area contributed by atoms with Gasteiger partial charge in [-0.3, -0.25) is 14.9 Å². The van der Waals surface area contributed by atoms with Crippen LogP contribution in [0.3, 0.4) is 0 Å². The van der Waals surface area contributed by atoms with Gasteiger partial charge >= 0.3 is 0 Å². The average molecular weight is 431 g/mol. The summed E-state index contributed by atoms with van der Waals surface area (Å²) in [4.78, 5) is 27.8. The third-order valence-corrected chi connectivity index (χ3v) is 6.44. The molecule has 6 heteroatoms. The van der Waals surface area contributed by atoms with Gasteiger partial charge in [0.2, 0.25) is 6.04 Å². The number of carbonyl (C=O) groups excluding carboxylic acids is 1. The highest BCUT2D eigenvalue weighted by Crippen LogP contribution is 2.47. The van der Waals surface area contributed by atoms with Crippen LogP contribution >= 0.6 is 11.6 Å². The molecule has 5 rings (SSSR count). The van der Waals surface area contributed by atoms with Crippen molar-refractivity contribution in [3.05, 3.63) is 117 Å². The first-order chi connectivity index (χ1) is 15.1. The number of halogens is 1. The minimum Gasteiger partial charge on any atom is -0.346 e. The summed E-state index contributed by atoms with van der Waals surface area (Å²) in [6, 6.07) is 21.5. The van der Waals surface area contributed by atoms with E-state index in [1.165, 1.54) is 0 Å². The van der Waals surface area contributed by atoms with Crippen LogP contribution in [-0.2, 0) is 0 Å². The zero-order valence-electron chi connectivity index (χ0n) is 16.5. The van der Waals surface area contributed by atoms with Gasteiger partial charge in [0.25, 0.3) is 0 Å². The van der Waals surface area contributed by atoms with E-state index in [1.54, 1.807) is 36.4 Å². The largest absolute Gasteiger partial charge is 0.346 e. The van der Waals surface area contributed by atoms with E-state index in [0.717, 1.165) is 16.8 Å². The second kappa shape index (κ2) is 7.67. The Kier molecular flexibility index (Phi) is 4.83. The molecule has 0 aromatic heterocycles. The smallest absolute Gasteiger partial charge is 0.245 e. The Balaban J connectivity index is 1.72. The highest BCUT2D eigenvalue weighted by molar-refractivity contribution is 6.30. The summed E-state index contributed by atoms with van der Waals surface area (Å²) in [6.45, 7) is 0. The van der Waals surface area contributed by atoms with Gasteiger partial charge in [-0.25, -0.2) is 0 Å². The Morgan fingerprint density at radius 3 is 2.32 bits per heavy atom. The van der Waals surface area contributed by atoms with Crippen LogP contribution < -0.4 is 4.90 Å². The molecule has 1 saturated heterocycles. The number of hydrogen-bond acceptors (Lipinski definition) is 4. The lowest BCUT2D eigenvalue weighted by Gasteiger charge is -2.34. The van der Waals surface area contributed by atoms with Crippen molar-refractivity contribution in [3.8, 4) is 0 Å². The number of Topliss-reactive ketones (excluding diaryl/α,β-unsaturated/α-hetero) is 1. The molecule has 2 aliphatic heterocycles. The maximum Gasteiger partial charge on any atom is 0.245 e. The van der Waals surface area contributed by atoms with Crippen molar-refractivity contribution in [2.24, 2.45) is 0 Å². The van der Waals surface area contributed by atoms with Crippen LogP contribution in [0.2, 0.25) is 5.02 Å². The summed E-state index contributed by atoms with van der Waals surface area (Å²) in [5.41, 5.74) is 3.07. The zero-order valence-corrected chi connectivity index (χ0v) is 17.2. The maximum atomic E-state index is 13.8. The molecule has 2 aliphatic rings. The summed E-state index contributed by atoms with van der Waals surface area (Å²) in [5.74, 6) is -0.749. The van der Waals surface area contributed by atoms with Crippen molar-refractivity contribution in [2.75, 3.05) is 4.90 Å². The summed E-state index contributed by atoms with van der Waals surface area (Å²) < 4.78 is 0. The lowest BCUT2D eigenvalue weighted by Crippen LogP contribution is -2.44. The molecule has 4 atom stereocenters. The molecule has 5 nitrogen and oxygen atoms in total. The summed E-state index contributed by atoms with van der Waals surface area (Å²) in [7, 11) is 0. The fourth-order valence-corrected chi connectivity index (χ4v) is 5.01. The van der Waals surface area contributed by atoms with Crippen LogP contribution in [0, 0.1) is 10.1 Å². The van der Waals surface area contributed by atoms with Crippen molar-refractivity contribution in [1.29, 1.82) is 0 Å². The van der Waals surface area contributed by atoms with Crippen LogP contribution in [0.25, 0.3) is 6.08 Å². The molecule has 0 unspecified atom stereocenters. The molecule has 0 amide bonds. The van der Waals surface area contributed by atoms with E-state index >= 15 is 0 Å². The second-order valence-electron chi connectivity index (χ2n) is 7.84. The van der Waals surface area contributed by atoms with Crippen molar-refractivity contribution in [2.45, 2.75) is 24.0 Å². The quantitative estimate of drug-likeness (QED) is 0.323. The number of hydrogen-bond donors (Lipinski definition) is 0. The Bertz CT molecular complexity index is 1180. The topological polar surface area (TPSA) is 63.4 Å². The zero-order chi connectivity index (χ0) is 21.5. The molecule has 0 N–H and O–H groups in total.